The van der Waals surface area contributed by atoms with Crippen LogP contribution < -0.4 is 0 Å². The summed E-state index contributed by atoms with van der Waals surface area (Å²) in [6, 6.07) is 3.82. The topological polar surface area (TPSA) is 31.7 Å². The van der Waals surface area contributed by atoms with Gasteiger partial charge in [0.1, 0.15) is 0 Å². The van der Waals surface area contributed by atoms with Crippen LogP contribution in [0.4, 0.5) is 0 Å². The molecular weight excluding hydrogens is 252 g/mol. The summed E-state index contributed by atoms with van der Waals surface area (Å²) in [7, 11) is 6.13. The Morgan fingerprint density at radius 1 is 1.20 bits per heavy atom. The minimum absolute atomic E-state index is 0.222. The van der Waals surface area contributed by atoms with Crippen molar-refractivity contribution in [1.29, 1.82) is 0 Å². The second-order valence-electron chi connectivity index (χ2n) is 5.85. The zero-order chi connectivity index (χ0) is 14.5. The predicted octanol–water partition coefficient (Wildman–Crippen LogP) is 0.387. The second-order valence-corrected chi connectivity index (χ2v) is 5.85. The molecule has 1 aromatic rings. The van der Waals surface area contributed by atoms with Gasteiger partial charge in [0, 0.05) is 52.5 Å². The van der Waals surface area contributed by atoms with Crippen LogP contribution in [0.5, 0.6) is 0 Å². The zero-order valence-corrected chi connectivity index (χ0v) is 12.9. The number of Topliss-reactive ketones (excluding diaryl/α,β-unsaturated/α-hetero) is 1. The van der Waals surface area contributed by atoms with E-state index in [-0.39, 0.29) is 5.78 Å². The van der Waals surface area contributed by atoms with Gasteiger partial charge in [-0.3, -0.25) is 14.6 Å². The molecule has 1 aromatic heterocycles. The fraction of sp³-hybridized carbons (Fsp3) is 0.667. The van der Waals surface area contributed by atoms with Gasteiger partial charge in [-0.1, -0.05) is 0 Å². The molecule has 1 fully saturated rings. The van der Waals surface area contributed by atoms with Crippen LogP contribution in [0, 0.1) is 0 Å². The Bertz CT molecular complexity index is 433. The third-order valence-electron chi connectivity index (χ3n) is 3.93. The van der Waals surface area contributed by atoms with Gasteiger partial charge >= 0.3 is 0 Å². The van der Waals surface area contributed by atoms with E-state index in [4.69, 9.17) is 0 Å². The first kappa shape index (κ1) is 15.2. The number of carbonyl (C=O) groups excluding carboxylic acids is 1. The Morgan fingerprint density at radius 3 is 2.40 bits per heavy atom. The zero-order valence-electron chi connectivity index (χ0n) is 12.9. The maximum Gasteiger partial charge on any atom is 0.193 e. The molecule has 2 rings (SSSR count). The van der Waals surface area contributed by atoms with Crippen LogP contribution >= 0.6 is 0 Å². The van der Waals surface area contributed by atoms with E-state index in [1.807, 2.05) is 29.9 Å². The molecule has 0 unspecified atom stereocenters. The van der Waals surface area contributed by atoms with Gasteiger partial charge in [0.05, 0.1) is 12.2 Å². The summed E-state index contributed by atoms with van der Waals surface area (Å²) >= 11 is 0. The van der Waals surface area contributed by atoms with E-state index in [1.165, 1.54) is 0 Å². The molecule has 112 valence electrons. The second kappa shape index (κ2) is 7.02. The molecule has 20 heavy (non-hydrogen) atoms. The van der Waals surface area contributed by atoms with E-state index in [1.54, 1.807) is 0 Å². The quantitative estimate of drug-likeness (QED) is 0.705. The van der Waals surface area contributed by atoms with Crippen LogP contribution in [0.1, 0.15) is 10.5 Å². The van der Waals surface area contributed by atoms with E-state index in [2.05, 4.69) is 28.8 Å². The average molecular weight is 278 g/mol. The molecule has 0 saturated carbocycles. The van der Waals surface area contributed by atoms with Gasteiger partial charge in [-0.05, 0) is 26.2 Å². The molecule has 1 aliphatic heterocycles. The van der Waals surface area contributed by atoms with Crippen LogP contribution in [0.25, 0.3) is 0 Å². The molecule has 0 atom stereocenters. The summed E-state index contributed by atoms with van der Waals surface area (Å²) in [5.74, 6) is 0.222. The molecule has 2 heterocycles. The standard InChI is InChI=1S/C15H26N4O/c1-16(2)7-8-18-9-11-19(12-10-18)13-15(20)14-5-4-6-17(14)3/h4-6H,7-13H2,1-3H3. The molecular formula is C15H26N4O. The number of rotatable bonds is 6. The number of carbonyl (C=O) groups is 1. The molecule has 0 spiro atoms. The van der Waals surface area contributed by atoms with Crippen molar-refractivity contribution < 1.29 is 4.79 Å². The largest absolute Gasteiger partial charge is 0.348 e. The molecule has 5 heteroatoms. The van der Waals surface area contributed by atoms with Crippen molar-refractivity contribution >= 4 is 5.78 Å². The van der Waals surface area contributed by atoms with E-state index in [0.717, 1.165) is 45.0 Å². The lowest BCUT2D eigenvalue weighted by Gasteiger charge is -2.34. The number of hydrogen-bond donors (Lipinski definition) is 0. The van der Waals surface area contributed by atoms with Crippen LogP contribution in [-0.2, 0) is 7.05 Å². The Labute approximate surface area is 121 Å². The average Bonchev–Trinajstić information content (AvgIpc) is 2.84. The summed E-state index contributed by atoms with van der Waals surface area (Å²) < 4.78 is 1.90. The van der Waals surface area contributed by atoms with Gasteiger partial charge in [0.2, 0.25) is 0 Å². The Hall–Kier alpha value is -1.17. The minimum Gasteiger partial charge on any atom is -0.348 e. The lowest BCUT2D eigenvalue weighted by Crippen LogP contribution is -2.49. The molecule has 5 nitrogen and oxygen atoms in total. The van der Waals surface area contributed by atoms with Gasteiger partial charge in [-0.25, -0.2) is 0 Å². The Morgan fingerprint density at radius 2 is 1.85 bits per heavy atom. The van der Waals surface area contributed by atoms with Crippen molar-refractivity contribution in [2.24, 2.45) is 7.05 Å². The number of hydrogen-bond acceptors (Lipinski definition) is 4. The van der Waals surface area contributed by atoms with E-state index < -0.39 is 0 Å². The highest BCUT2D eigenvalue weighted by Crippen LogP contribution is 2.06. The van der Waals surface area contributed by atoms with E-state index >= 15 is 0 Å². The summed E-state index contributed by atoms with van der Waals surface area (Å²) in [6.07, 6.45) is 1.92. The third kappa shape index (κ3) is 4.16. The Kier molecular flexibility index (Phi) is 5.34. The van der Waals surface area contributed by atoms with Crippen molar-refractivity contribution in [1.82, 2.24) is 19.3 Å². The lowest BCUT2D eigenvalue weighted by atomic mass is 10.2. The maximum absolute atomic E-state index is 12.2. The highest BCUT2D eigenvalue weighted by atomic mass is 16.1. The molecule has 0 radical (unpaired) electrons. The van der Waals surface area contributed by atoms with Gasteiger partial charge in [-0.2, -0.15) is 0 Å². The van der Waals surface area contributed by atoms with Gasteiger partial charge in [-0.15, -0.1) is 0 Å². The molecule has 0 N–H and O–H groups in total. The first-order valence-corrected chi connectivity index (χ1v) is 7.30. The number of nitrogens with zero attached hydrogens (tertiary/aromatic N) is 4. The first-order valence-electron chi connectivity index (χ1n) is 7.30. The smallest absolute Gasteiger partial charge is 0.193 e. The van der Waals surface area contributed by atoms with Crippen molar-refractivity contribution in [2.45, 2.75) is 0 Å². The monoisotopic (exact) mass is 278 g/mol. The van der Waals surface area contributed by atoms with E-state index in [0.29, 0.717) is 6.54 Å². The van der Waals surface area contributed by atoms with Crippen LogP contribution in [0.2, 0.25) is 0 Å². The molecule has 0 amide bonds. The van der Waals surface area contributed by atoms with Crippen LogP contribution in [0.15, 0.2) is 18.3 Å². The van der Waals surface area contributed by atoms with Crippen molar-refractivity contribution in [3.63, 3.8) is 0 Å². The molecule has 1 saturated heterocycles. The molecule has 0 bridgehead atoms. The fourth-order valence-electron chi connectivity index (χ4n) is 2.55. The number of ketones is 1. The molecule has 1 aliphatic rings. The molecule has 0 aliphatic carbocycles. The highest BCUT2D eigenvalue weighted by Gasteiger charge is 2.20. The van der Waals surface area contributed by atoms with Crippen molar-refractivity contribution in [3.05, 3.63) is 24.0 Å². The van der Waals surface area contributed by atoms with Crippen molar-refractivity contribution in [2.75, 3.05) is 59.9 Å². The fourth-order valence-corrected chi connectivity index (χ4v) is 2.55. The number of piperazine rings is 1. The minimum atomic E-state index is 0.222. The normalized spacial score (nSPS) is 17.8. The first-order chi connectivity index (χ1) is 9.56. The maximum atomic E-state index is 12.2. The van der Waals surface area contributed by atoms with Gasteiger partial charge in [0.15, 0.2) is 5.78 Å². The summed E-state index contributed by atoms with van der Waals surface area (Å²) in [6.45, 7) is 6.87. The number of likely N-dealkylation sites (N-methyl/N-ethyl adjacent to an activating group) is 1. The number of aromatic nitrogens is 1. The lowest BCUT2D eigenvalue weighted by molar-refractivity contribution is 0.0837. The summed E-state index contributed by atoms with van der Waals surface area (Å²) in [5, 5.41) is 0. The van der Waals surface area contributed by atoms with Crippen LogP contribution in [-0.4, -0.2) is 85.0 Å². The predicted molar refractivity (Wildman–Crippen MR) is 81.2 cm³/mol. The Balaban J connectivity index is 1.74. The van der Waals surface area contributed by atoms with Crippen molar-refractivity contribution in [3.8, 4) is 0 Å². The highest BCUT2D eigenvalue weighted by molar-refractivity contribution is 5.96. The summed E-state index contributed by atoms with van der Waals surface area (Å²) in [5.41, 5.74) is 0.806. The third-order valence-corrected chi connectivity index (χ3v) is 3.93. The van der Waals surface area contributed by atoms with Crippen LogP contribution in [0.3, 0.4) is 0 Å². The van der Waals surface area contributed by atoms with Gasteiger partial charge in [0.25, 0.3) is 0 Å². The number of aryl methyl sites for hydroxylation is 1. The molecule has 0 aromatic carbocycles. The van der Waals surface area contributed by atoms with E-state index in [9.17, 15) is 4.79 Å². The summed E-state index contributed by atoms with van der Waals surface area (Å²) in [4.78, 5) is 19.2. The van der Waals surface area contributed by atoms with Gasteiger partial charge < -0.3 is 9.47 Å². The SMILES string of the molecule is CN(C)CCN1CCN(CC(=O)c2cccn2C)CC1.